The van der Waals surface area contributed by atoms with Crippen molar-refractivity contribution in [1.82, 2.24) is 9.97 Å². The lowest BCUT2D eigenvalue weighted by Crippen LogP contribution is -2.24. The van der Waals surface area contributed by atoms with Gasteiger partial charge in [0.2, 0.25) is 0 Å². The summed E-state index contributed by atoms with van der Waals surface area (Å²) < 4.78 is 17.0. The molecule has 0 fully saturated rings. The third-order valence-corrected chi connectivity index (χ3v) is 7.77. The molecule has 0 aromatic carbocycles. The minimum Gasteiger partial charge on any atom is -0.493 e. The number of carbonyl (C=O) groups is 3. The zero-order chi connectivity index (χ0) is 28.2. The van der Waals surface area contributed by atoms with Crippen molar-refractivity contribution < 1.29 is 28.6 Å². The van der Waals surface area contributed by atoms with Crippen LogP contribution in [0.25, 0.3) is 20.4 Å². The molecule has 38 heavy (non-hydrogen) atoms. The average Bonchev–Trinajstić information content (AvgIpc) is 3.44. The highest BCUT2D eigenvalue weighted by Gasteiger charge is 2.19. The summed E-state index contributed by atoms with van der Waals surface area (Å²) in [6.07, 6.45) is 0.161. The van der Waals surface area contributed by atoms with E-state index in [4.69, 9.17) is 49.0 Å². The Kier molecular flexibility index (Phi) is 9.94. The summed E-state index contributed by atoms with van der Waals surface area (Å²) in [5.41, 5.74) is 0.742. The van der Waals surface area contributed by atoms with Gasteiger partial charge in [0, 0.05) is 18.6 Å². The first-order valence-electron chi connectivity index (χ1n) is 11.0. The molecule has 0 saturated carbocycles. The minimum absolute atomic E-state index is 0.0574. The van der Waals surface area contributed by atoms with Crippen LogP contribution in [0.4, 0.5) is 0 Å². The number of Topliss-reactive ketones (excluding diaryl/α,β-unsaturated/α-hetero) is 1. The SMILES string of the molecule is COc1cc2sc(C(=O)CCC(=O)OC(C)(C)C)cc2nc1Cl.COc1cc2sc(C(=O)Cl)cc2nc1Cl. The number of ketones is 1. The van der Waals surface area contributed by atoms with Crippen molar-refractivity contribution in [2.24, 2.45) is 0 Å². The van der Waals surface area contributed by atoms with E-state index in [1.165, 1.54) is 36.9 Å². The first-order valence-corrected chi connectivity index (χ1v) is 13.8. The minimum atomic E-state index is -0.547. The number of rotatable bonds is 7. The van der Waals surface area contributed by atoms with E-state index >= 15 is 0 Å². The summed E-state index contributed by atoms with van der Waals surface area (Å²) in [6, 6.07) is 6.78. The van der Waals surface area contributed by atoms with Crippen LogP contribution in [0, 0.1) is 0 Å². The van der Waals surface area contributed by atoms with Gasteiger partial charge in [-0.1, -0.05) is 23.2 Å². The van der Waals surface area contributed by atoms with E-state index in [0.29, 0.717) is 32.3 Å². The summed E-state index contributed by atoms with van der Waals surface area (Å²) in [4.78, 5) is 44.1. The average molecular weight is 618 g/mol. The molecule has 0 atom stereocenters. The highest BCUT2D eigenvalue weighted by atomic mass is 35.5. The third kappa shape index (κ3) is 7.77. The molecule has 0 N–H and O–H groups in total. The van der Waals surface area contributed by atoms with E-state index in [-0.39, 0.29) is 34.9 Å². The van der Waals surface area contributed by atoms with Gasteiger partial charge in [-0.25, -0.2) is 9.97 Å². The molecule has 4 aromatic heterocycles. The molecule has 4 aromatic rings. The Morgan fingerprint density at radius 1 is 0.816 bits per heavy atom. The van der Waals surface area contributed by atoms with E-state index < -0.39 is 10.8 Å². The molecule has 0 spiro atoms. The molecular weight excluding hydrogens is 595 g/mol. The normalized spacial score (nSPS) is 11.2. The van der Waals surface area contributed by atoms with E-state index in [2.05, 4.69) is 9.97 Å². The molecule has 202 valence electrons. The van der Waals surface area contributed by atoms with Gasteiger partial charge in [0.1, 0.15) is 5.60 Å². The van der Waals surface area contributed by atoms with Gasteiger partial charge < -0.3 is 14.2 Å². The van der Waals surface area contributed by atoms with Gasteiger partial charge in [0.25, 0.3) is 5.24 Å². The molecule has 0 unspecified atom stereocenters. The van der Waals surface area contributed by atoms with Gasteiger partial charge in [-0.2, -0.15) is 0 Å². The van der Waals surface area contributed by atoms with E-state index in [1.807, 2.05) is 0 Å². The first-order chi connectivity index (χ1) is 17.8. The number of esters is 1. The predicted octanol–water partition coefficient (Wildman–Crippen LogP) is 7.60. The molecule has 0 saturated heterocycles. The molecule has 0 radical (unpaired) electrons. The number of halogens is 3. The Hall–Kier alpha value is -2.50. The number of aromatic nitrogens is 2. The zero-order valence-corrected chi connectivity index (χ0v) is 24.9. The lowest BCUT2D eigenvalue weighted by molar-refractivity contribution is -0.154. The quantitative estimate of drug-likeness (QED) is 0.0904. The monoisotopic (exact) mass is 616 g/mol. The van der Waals surface area contributed by atoms with E-state index in [1.54, 1.807) is 45.0 Å². The molecule has 4 heterocycles. The van der Waals surface area contributed by atoms with Crippen molar-refractivity contribution in [3.8, 4) is 11.5 Å². The van der Waals surface area contributed by atoms with Crippen molar-refractivity contribution in [3.05, 3.63) is 44.3 Å². The van der Waals surface area contributed by atoms with Crippen LogP contribution < -0.4 is 9.47 Å². The van der Waals surface area contributed by atoms with Gasteiger partial charge in [-0.05, 0) is 44.5 Å². The summed E-state index contributed by atoms with van der Waals surface area (Å²) in [5, 5.41) is 0.0371. The number of methoxy groups -OCH3 is 2. The Morgan fingerprint density at radius 2 is 1.29 bits per heavy atom. The zero-order valence-electron chi connectivity index (χ0n) is 21.0. The Morgan fingerprint density at radius 3 is 1.74 bits per heavy atom. The van der Waals surface area contributed by atoms with Crippen LogP contribution in [0.3, 0.4) is 0 Å². The standard InChI is InChI=1S/C16H18ClNO4S.C9H5Cl2NO2S/c1-16(2,3)22-14(20)6-5-10(19)13-7-9-12(23-13)8-11(21-4)15(17)18-9;1-14-5-3-6-4(12-8(5)10)2-7(15-6)9(11)13/h7-8H,5-6H2,1-4H3;2-3H,1H3. The molecule has 8 nitrogen and oxygen atoms in total. The van der Waals surface area contributed by atoms with E-state index in [0.717, 1.165) is 9.40 Å². The van der Waals surface area contributed by atoms with Crippen LogP contribution in [0.2, 0.25) is 10.3 Å². The molecule has 0 amide bonds. The van der Waals surface area contributed by atoms with Crippen molar-refractivity contribution in [3.63, 3.8) is 0 Å². The van der Waals surface area contributed by atoms with Gasteiger partial charge in [-0.15, -0.1) is 22.7 Å². The van der Waals surface area contributed by atoms with Gasteiger partial charge >= 0.3 is 5.97 Å². The maximum Gasteiger partial charge on any atom is 0.306 e. The number of nitrogens with zero attached hydrogens (tertiary/aromatic N) is 2. The third-order valence-electron chi connectivity index (χ3n) is 4.73. The van der Waals surface area contributed by atoms with Crippen LogP contribution in [-0.4, -0.2) is 46.8 Å². The molecule has 0 aliphatic rings. The van der Waals surface area contributed by atoms with Crippen LogP contribution >= 0.6 is 57.5 Å². The number of hydrogen-bond acceptors (Lipinski definition) is 10. The molecule has 13 heteroatoms. The molecule has 0 aliphatic heterocycles. The van der Waals surface area contributed by atoms with Gasteiger partial charge in [0.15, 0.2) is 27.6 Å². The number of fused-ring (bicyclic) bond motifs is 2. The number of carbonyl (C=O) groups excluding carboxylic acids is 3. The maximum atomic E-state index is 12.2. The number of ether oxygens (including phenoxy) is 3. The summed E-state index contributed by atoms with van der Waals surface area (Å²) in [6.45, 7) is 5.38. The van der Waals surface area contributed by atoms with Crippen LogP contribution in [0.5, 0.6) is 11.5 Å². The predicted molar refractivity (Wildman–Crippen MR) is 152 cm³/mol. The summed E-state index contributed by atoms with van der Waals surface area (Å²) >= 11 is 19.8. The van der Waals surface area contributed by atoms with Crippen LogP contribution in [-0.2, 0) is 9.53 Å². The number of hydrogen-bond donors (Lipinski definition) is 0. The lowest BCUT2D eigenvalue weighted by atomic mass is 10.1. The fourth-order valence-corrected chi connectivity index (χ4v) is 5.58. The van der Waals surface area contributed by atoms with Crippen LogP contribution in [0.1, 0.15) is 53.0 Å². The van der Waals surface area contributed by atoms with Crippen molar-refractivity contribution in [2.45, 2.75) is 39.2 Å². The maximum absolute atomic E-state index is 12.2. The number of pyridine rings is 2. The second kappa shape index (κ2) is 12.6. The van der Waals surface area contributed by atoms with Gasteiger partial charge in [-0.3, -0.25) is 14.4 Å². The second-order valence-corrected chi connectivity index (χ2v) is 12.0. The van der Waals surface area contributed by atoms with Crippen molar-refractivity contribution in [2.75, 3.05) is 14.2 Å². The fraction of sp³-hybridized carbons (Fsp3) is 0.320. The number of thiophene rings is 2. The highest BCUT2D eigenvalue weighted by Crippen LogP contribution is 2.33. The molecular formula is C25H23Cl3N2O6S2. The van der Waals surface area contributed by atoms with Gasteiger partial charge in [0.05, 0.1) is 50.8 Å². The van der Waals surface area contributed by atoms with Crippen molar-refractivity contribution in [1.29, 1.82) is 0 Å². The molecule has 0 bridgehead atoms. The van der Waals surface area contributed by atoms with E-state index in [9.17, 15) is 14.4 Å². The Bertz CT molecular complexity index is 1510. The highest BCUT2D eigenvalue weighted by molar-refractivity contribution is 7.22. The summed E-state index contributed by atoms with van der Waals surface area (Å²) in [7, 11) is 3.02. The summed E-state index contributed by atoms with van der Waals surface area (Å²) in [5.74, 6) is 0.456. The first kappa shape index (κ1) is 30.0. The molecule has 0 aliphatic carbocycles. The molecule has 4 rings (SSSR count). The smallest absolute Gasteiger partial charge is 0.306 e. The van der Waals surface area contributed by atoms with Crippen LogP contribution in [0.15, 0.2) is 24.3 Å². The Balaban J connectivity index is 0.000000230. The fourth-order valence-electron chi connectivity index (χ4n) is 3.10. The lowest BCUT2D eigenvalue weighted by Gasteiger charge is -2.19. The van der Waals surface area contributed by atoms with Crippen molar-refractivity contribution >= 4 is 94.9 Å². The second-order valence-electron chi connectivity index (χ2n) is 8.73. The topological polar surface area (TPSA) is 105 Å². The Labute approximate surface area is 241 Å². The largest absolute Gasteiger partial charge is 0.493 e.